The van der Waals surface area contributed by atoms with Crippen LogP contribution in [0.15, 0.2) is 12.2 Å². The molecule has 0 spiro atoms. The molecule has 1 saturated heterocycles. The molecule has 0 amide bonds. The molecule has 0 radical (unpaired) electrons. The molecule has 1 aliphatic rings. The van der Waals surface area contributed by atoms with Crippen molar-refractivity contribution in [3.05, 3.63) is 12.2 Å². The highest BCUT2D eigenvalue weighted by Gasteiger charge is 2.23. The van der Waals surface area contributed by atoms with Crippen molar-refractivity contribution in [1.82, 2.24) is 0 Å². The van der Waals surface area contributed by atoms with Gasteiger partial charge in [0.05, 0.1) is 10.5 Å². The summed E-state index contributed by atoms with van der Waals surface area (Å²) in [5.41, 5.74) is 0. The first-order chi connectivity index (χ1) is 6.84. The molecular weight excluding hydrogens is 291 g/mol. The van der Waals surface area contributed by atoms with Gasteiger partial charge in [0.15, 0.2) is 6.29 Å². The van der Waals surface area contributed by atoms with Crippen LogP contribution < -0.4 is 0 Å². The molecule has 2 atom stereocenters. The summed E-state index contributed by atoms with van der Waals surface area (Å²) in [4.78, 5) is 0. The molecule has 82 valence electrons. The van der Waals surface area contributed by atoms with E-state index in [9.17, 15) is 0 Å². The second-order valence-corrected chi connectivity index (χ2v) is 5.09. The van der Waals surface area contributed by atoms with Gasteiger partial charge in [0, 0.05) is 6.61 Å². The van der Waals surface area contributed by atoms with E-state index >= 15 is 0 Å². The van der Waals surface area contributed by atoms with Crippen molar-refractivity contribution >= 4 is 22.6 Å². The van der Waals surface area contributed by atoms with Crippen LogP contribution in [0.4, 0.5) is 0 Å². The van der Waals surface area contributed by atoms with Gasteiger partial charge in [-0.2, -0.15) is 0 Å². The van der Waals surface area contributed by atoms with Crippen molar-refractivity contribution in [3.63, 3.8) is 0 Å². The second kappa shape index (κ2) is 7.65. The van der Waals surface area contributed by atoms with Crippen LogP contribution in [0.1, 0.15) is 32.6 Å². The quantitative estimate of drug-likeness (QED) is 0.441. The van der Waals surface area contributed by atoms with E-state index in [0.29, 0.717) is 10.5 Å². The number of rotatable bonds is 5. The summed E-state index contributed by atoms with van der Waals surface area (Å²) in [5.74, 6) is 0. The van der Waals surface area contributed by atoms with Crippen molar-refractivity contribution < 1.29 is 9.47 Å². The molecule has 1 rings (SSSR count). The van der Waals surface area contributed by atoms with Gasteiger partial charge >= 0.3 is 0 Å². The Morgan fingerprint density at radius 2 is 2.36 bits per heavy atom. The number of halogens is 1. The van der Waals surface area contributed by atoms with E-state index in [4.69, 9.17) is 9.47 Å². The first kappa shape index (κ1) is 12.5. The average Bonchev–Trinajstić information content (AvgIpc) is 2.20. The molecule has 0 bridgehead atoms. The third-order valence-corrected chi connectivity index (χ3v) is 3.39. The third-order valence-electron chi connectivity index (χ3n) is 2.18. The Labute approximate surface area is 100 Å². The molecule has 0 saturated carbocycles. The lowest BCUT2D eigenvalue weighted by Gasteiger charge is -2.27. The molecule has 14 heavy (non-hydrogen) atoms. The number of unbranched alkanes of at least 4 members (excludes halogenated alkanes) is 1. The van der Waals surface area contributed by atoms with Crippen LogP contribution in [0.25, 0.3) is 0 Å². The fraction of sp³-hybridized carbons (Fsp3) is 0.818. The third kappa shape index (κ3) is 4.75. The highest BCUT2D eigenvalue weighted by molar-refractivity contribution is 14.1. The Morgan fingerprint density at radius 3 is 3.07 bits per heavy atom. The van der Waals surface area contributed by atoms with E-state index in [0.717, 1.165) is 13.0 Å². The monoisotopic (exact) mass is 310 g/mol. The normalized spacial score (nSPS) is 28.4. The minimum absolute atomic E-state index is 0.00984. The van der Waals surface area contributed by atoms with Crippen molar-refractivity contribution in [2.24, 2.45) is 0 Å². The van der Waals surface area contributed by atoms with Gasteiger partial charge in [-0.15, -0.1) is 0 Å². The van der Waals surface area contributed by atoms with Crippen molar-refractivity contribution in [2.45, 2.75) is 42.8 Å². The van der Waals surface area contributed by atoms with Crippen LogP contribution in [0.2, 0.25) is 0 Å². The summed E-state index contributed by atoms with van der Waals surface area (Å²) in [6.07, 6.45) is 8.99. The SMILES string of the molecule is CCC/C=C/COC1OCCCC1I. The van der Waals surface area contributed by atoms with Crippen LogP contribution in [-0.4, -0.2) is 23.4 Å². The molecule has 0 aromatic carbocycles. The van der Waals surface area contributed by atoms with Crippen LogP contribution in [0.5, 0.6) is 0 Å². The zero-order chi connectivity index (χ0) is 10.2. The molecule has 1 fully saturated rings. The summed E-state index contributed by atoms with van der Waals surface area (Å²) in [7, 11) is 0. The van der Waals surface area contributed by atoms with Gasteiger partial charge in [0.25, 0.3) is 0 Å². The van der Waals surface area contributed by atoms with Gasteiger partial charge in [-0.25, -0.2) is 0 Å². The van der Waals surface area contributed by atoms with Crippen LogP contribution >= 0.6 is 22.6 Å². The first-order valence-corrected chi connectivity index (χ1v) is 6.61. The van der Waals surface area contributed by atoms with E-state index in [1.54, 1.807) is 0 Å². The second-order valence-electron chi connectivity index (χ2n) is 3.49. The van der Waals surface area contributed by atoms with E-state index in [-0.39, 0.29) is 6.29 Å². The maximum absolute atomic E-state index is 5.63. The Morgan fingerprint density at radius 1 is 1.50 bits per heavy atom. The topological polar surface area (TPSA) is 18.5 Å². The maximum atomic E-state index is 5.63. The average molecular weight is 310 g/mol. The highest BCUT2D eigenvalue weighted by atomic mass is 127. The summed E-state index contributed by atoms with van der Waals surface area (Å²) in [6.45, 7) is 3.71. The number of ether oxygens (including phenoxy) is 2. The van der Waals surface area contributed by atoms with Crippen molar-refractivity contribution in [3.8, 4) is 0 Å². The molecule has 2 nitrogen and oxygen atoms in total. The Hall–Kier alpha value is 0.390. The first-order valence-electron chi connectivity index (χ1n) is 5.37. The molecule has 3 heteroatoms. The summed E-state index contributed by atoms with van der Waals surface area (Å²) < 4.78 is 11.7. The predicted octanol–water partition coefficient (Wildman–Crippen LogP) is 3.30. The zero-order valence-electron chi connectivity index (χ0n) is 8.75. The standard InChI is InChI=1S/C11H19IO2/c1-2-3-4-5-8-13-11-10(12)7-6-9-14-11/h4-5,10-11H,2-3,6-9H2,1H3/b5-4+. The minimum Gasteiger partial charge on any atom is -0.352 e. The summed E-state index contributed by atoms with van der Waals surface area (Å²) >= 11 is 2.41. The van der Waals surface area contributed by atoms with Gasteiger partial charge in [-0.3, -0.25) is 0 Å². The zero-order valence-corrected chi connectivity index (χ0v) is 10.9. The van der Waals surface area contributed by atoms with Gasteiger partial charge in [0.1, 0.15) is 0 Å². The molecule has 1 aliphatic heterocycles. The number of alkyl halides is 1. The Kier molecular flexibility index (Phi) is 6.81. The van der Waals surface area contributed by atoms with Gasteiger partial charge < -0.3 is 9.47 Å². The van der Waals surface area contributed by atoms with Gasteiger partial charge in [0.2, 0.25) is 0 Å². The van der Waals surface area contributed by atoms with Crippen molar-refractivity contribution in [1.29, 1.82) is 0 Å². The molecule has 0 N–H and O–H groups in total. The van der Waals surface area contributed by atoms with E-state index in [1.807, 2.05) is 0 Å². The molecule has 1 heterocycles. The molecule has 0 aromatic rings. The van der Waals surface area contributed by atoms with Crippen LogP contribution in [0.3, 0.4) is 0 Å². The fourth-order valence-electron chi connectivity index (χ4n) is 1.37. The van der Waals surface area contributed by atoms with Crippen molar-refractivity contribution in [2.75, 3.05) is 13.2 Å². The molecule has 2 unspecified atom stereocenters. The fourth-order valence-corrected chi connectivity index (χ4v) is 2.23. The van der Waals surface area contributed by atoms with Gasteiger partial charge in [-0.05, 0) is 19.3 Å². The lowest BCUT2D eigenvalue weighted by Crippen LogP contribution is -2.32. The smallest absolute Gasteiger partial charge is 0.169 e. The van der Waals surface area contributed by atoms with E-state index in [2.05, 4.69) is 41.7 Å². The lowest BCUT2D eigenvalue weighted by atomic mass is 10.2. The van der Waals surface area contributed by atoms with E-state index < -0.39 is 0 Å². The summed E-state index contributed by atoms with van der Waals surface area (Å²) in [6, 6.07) is 0. The largest absolute Gasteiger partial charge is 0.352 e. The summed E-state index contributed by atoms with van der Waals surface area (Å²) in [5, 5.41) is 0. The van der Waals surface area contributed by atoms with Crippen LogP contribution in [0, 0.1) is 0 Å². The van der Waals surface area contributed by atoms with Gasteiger partial charge in [-0.1, -0.05) is 48.1 Å². The molecule has 0 aliphatic carbocycles. The Bertz CT molecular complexity index is 171. The maximum Gasteiger partial charge on any atom is 0.169 e. The minimum atomic E-state index is 0.00984. The van der Waals surface area contributed by atoms with Crippen LogP contribution in [-0.2, 0) is 9.47 Å². The number of hydrogen-bond donors (Lipinski definition) is 0. The predicted molar refractivity (Wildman–Crippen MR) is 66.8 cm³/mol. The lowest BCUT2D eigenvalue weighted by molar-refractivity contribution is -0.148. The Balaban J connectivity index is 2.10. The molecule has 0 aromatic heterocycles. The number of allylic oxidation sites excluding steroid dienone is 1. The number of hydrogen-bond acceptors (Lipinski definition) is 2. The molecular formula is C11H19IO2. The highest BCUT2D eigenvalue weighted by Crippen LogP contribution is 2.22. The van der Waals surface area contributed by atoms with E-state index in [1.165, 1.54) is 19.3 Å².